The Balaban J connectivity index is 4.27. The number of hydrogen-bond donors (Lipinski definition) is 0. The summed E-state index contributed by atoms with van der Waals surface area (Å²) >= 11 is 0. The van der Waals surface area contributed by atoms with Crippen LogP contribution in [0.2, 0.25) is 0 Å². The van der Waals surface area contributed by atoms with Crippen LogP contribution in [-0.4, -0.2) is 63.5 Å². The standard InChI is InChI=1S/C55H105NO5/c1-8-11-14-17-25-32-43-53(42-31-23-16-13-10-3)60-51(4)40-30-24-19-20-26-33-44-54(61-52(5)41-39-47-56(6)7)45-34-27-21-22-28-35-46-55(57)59-50-38-37-49-58-48-36-29-18-15-12-9-2/h37-38,53-54H,4-5,8-36,39-50H2,1-3,6-7H3/b38-37-. The van der Waals surface area contributed by atoms with Crippen molar-refractivity contribution in [1.29, 1.82) is 0 Å². The summed E-state index contributed by atoms with van der Waals surface area (Å²) in [4.78, 5) is 14.4. The number of allylic oxidation sites excluding steroid dienone is 2. The van der Waals surface area contributed by atoms with Crippen LogP contribution in [0.5, 0.6) is 0 Å². The molecule has 0 aromatic carbocycles. The van der Waals surface area contributed by atoms with Gasteiger partial charge in [-0.15, -0.1) is 0 Å². The zero-order chi connectivity index (χ0) is 44.7. The highest BCUT2D eigenvalue weighted by Gasteiger charge is 2.13. The molecule has 0 fully saturated rings. The molecule has 0 saturated heterocycles. The smallest absolute Gasteiger partial charge is 0.306 e. The van der Waals surface area contributed by atoms with Gasteiger partial charge >= 0.3 is 5.97 Å². The first-order valence-corrected chi connectivity index (χ1v) is 26.5. The summed E-state index contributed by atoms with van der Waals surface area (Å²) < 4.78 is 24.0. The number of nitrogens with zero attached hydrogens (tertiary/aromatic N) is 1. The molecule has 2 unspecified atom stereocenters. The Morgan fingerprint density at radius 2 is 0.820 bits per heavy atom. The maximum atomic E-state index is 12.1. The lowest BCUT2D eigenvalue weighted by molar-refractivity contribution is -0.142. The van der Waals surface area contributed by atoms with Gasteiger partial charge in [-0.05, 0) is 104 Å². The fraction of sp³-hybridized carbons (Fsp3) is 0.873. The molecule has 61 heavy (non-hydrogen) atoms. The summed E-state index contributed by atoms with van der Waals surface area (Å²) in [5.74, 6) is 1.89. The van der Waals surface area contributed by atoms with E-state index in [2.05, 4.69) is 52.9 Å². The molecule has 0 aliphatic heterocycles. The van der Waals surface area contributed by atoms with Gasteiger partial charge in [-0.1, -0.05) is 181 Å². The molecule has 0 amide bonds. The molecule has 0 bridgehead atoms. The largest absolute Gasteiger partial charge is 0.495 e. The average molecular weight is 860 g/mol. The number of hydrogen-bond acceptors (Lipinski definition) is 6. The van der Waals surface area contributed by atoms with Gasteiger partial charge < -0.3 is 23.8 Å². The van der Waals surface area contributed by atoms with E-state index in [1.165, 1.54) is 180 Å². The minimum absolute atomic E-state index is 0.0925. The second-order valence-corrected chi connectivity index (χ2v) is 18.5. The van der Waals surface area contributed by atoms with Crippen LogP contribution < -0.4 is 0 Å². The van der Waals surface area contributed by atoms with Crippen molar-refractivity contribution in [2.24, 2.45) is 0 Å². The lowest BCUT2D eigenvalue weighted by Crippen LogP contribution is -2.15. The minimum atomic E-state index is -0.0925. The molecule has 0 aliphatic carbocycles. The van der Waals surface area contributed by atoms with Crippen LogP contribution in [0.4, 0.5) is 0 Å². The van der Waals surface area contributed by atoms with E-state index >= 15 is 0 Å². The van der Waals surface area contributed by atoms with E-state index in [0.717, 1.165) is 76.0 Å². The molecule has 0 rings (SSSR count). The molecule has 360 valence electrons. The number of unbranched alkanes of at least 4 members (excludes halogenated alkanes) is 24. The van der Waals surface area contributed by atoms with E-state index in [1.807, 2.05) is 12.2 Å². The summed E-state index contributed by atoms with van der Waals surface area (Å²) in [6, 6.07) is 0. The van der Waals surface area contributed by atoms with Gasteiger partial charge in [0.2, 0.25) is 0 Å². The molecular formula is C55H105NO5. The zero-order valence-electron chi connectivity index (χ0n) is 41.7. The predicted molar refractivity (Wildman–Crippen MR) is 265 cm³/mol. The first-order chi connectivity index (χ1) is 29.8. The van der Waals surface area contributed by atoms with Crippen LogP contribution in [0.1, 0.15) is 258 Å². The molecule has 0 aliphatic rings. The van der Waals surface area contributed by atoms with Crippen molar-refractivity contribution in [3.63, 3.8) is 0 Å². The number of ether oxygens (including phenoxy) is 4. The maximum Gasteiger partial charge on any atom is 0.306 e. The van der Waals surface area contributed by atoms with Crippen LogP contribution in [0, 0.1) is 0 Å². The van der Waals surface area contributed by atoms with E-state index in [1.54, 1.807) is 0 Å². The molecule has 0 saturated carbocycles. The third-order valence-corrected chi connectivity index (χ3v) is 12.0. The van der Waals surface area contributed by atoms with E-state index in [0.29, 0.717) is 25.7 Å². The molecule has 0 aromatic heterocycles. The fourth-order valence-electron chi connectivity index (χ4n) is 8.07. The molecule has 0 heterocycles. The Labute approximate surface area is 381 Å². The quantitative estimate of drug-likeness (QED) is 0.0263. The lowest BCUT2D eigenvalue weighted by Gasteiger charge is -2.21. The van der Waals surface area contributed by atoms with E-state index < -0.39 is 0 Å². The third-order valence-electron chi connectivity index (χ3n) is 12.0. The van der Waals surface area contributed by atoms with Crippen molar-refractivity contribution >= 4 is 5.97 Å². The van der Waals surface area contributed by atoms with Crippen molar-refractivity contribution in [3.8, 4) is 0 Å². The number of carbonyl (C=O) groups excluding carboxylic acids is 1. The first-order valence-electron chi connectivity index (χ1n) is 26.5. The molecule has 0 spiro atoms. The molecule has 2 atom stereocenters. The van der Waals surface area contributed by atoms with Gasteiger partial charge in [0.05, 0.1) is 30.3 Å². The topological polar surface area (TPSA) is 57.2 Å². The maximum absolute atomic E-state index is 12.1. The fourth-order valence-corrected chi connectivity index (χ4v) is 8.07. The van der Waals surface area contributed by atoms with Crippen molar-refractivity contribution in [1.82, 2.24) is 4.90 Å². The Morgan fingerprint density at radius 1 is 0.459 bits per heavy atom. The third kappa shape index (κ3) is 46.0. The molecule has 0 radical (unpaired) electrons. The summed E-state index contributed by atoms with van der Waals surface area (Å²) in [5, 5.41) is 0. The SMILES string of the molecule is C=C(CCCCCCCCC(CCCCCCCCC(=O)OC/C=C\COCCCCCCCC)OC(=C)CCCN(C)C)OC(CCCCCCC)CCCCCCCC. The summed E-state index contributed by atoms with van der Waals surface area (Å²) in [6.45, 7) is 18.3. The highest BCUT2D eigenvalue weighted by atomic mass is 16.5. The van der Waals surface area contributed by atoms with Crippen molar-refractivity contribution in [2.45, 2.75) is 271 Å². The molecule has 0 aromatic rings. The van der Waals surface area contributed by atoms with Crippen molar-refractivity contribution in [2.75, 3.05) is 40.5 Å². The summed E-state index contributed by atoms with van der Waals surface area (Å²) in [7, 11) is 4.25. The monoisotopic (exact) mass is 860 g/mol. The van der Waals surface area contributed by atoms with Gasteiger partial charge in [-0.3, -0.25) is 4.79 Å². The van der Waals surface area contributed by atoms with E-state index in [-0.39, 0.29) is 12.1 Å². The van der Waals surface area contributed by atoms with Gasteiger partial charge in [0.15, 0.2) is 0 Å². The highest BCUT2D eigenvalue weighted by Crippen LogP contribution is 2.23. The Hall–Kier alpha value is -1.79. The van der Waals surface area contributed by atoms with Crippen LogP contribution in [0.25, 0.3) is 0 Å². The first kappa shape index (κ1) is 59.2. The van der Waals surface area contributed by atoms with E-state index in [4.69, 9.17) is 18.9 Å². The minimum Gasteiger partial charge on any atom is -0.495 e. The van der Waals surface area contributed by atoms with Crippen LogP contribution in [0.3, 0.4) is 0 Å². The zero-order valence-corrected chi connectivity index (χ0v) is 41.7. The van der Waals surface area contributed by atoms with Gasteiger partial charge in [-0.25, -0.2) is 0 Å². The van der Waals surface area contributed by atoms with E-state index in [9.17, 15) is 4.79 Å². The highest BCUT2D eigenvalue weighted by molar-refractivity contribution is 5.69. The Morgan fingerprint density at radius 3 is 1.26 bits per heavy atom. The van der Waals surface area contributed by atoms with Crippen LogP contribution in [0.15, 0.2) is 36.8 Å². The Bertz CT molecular complexity index is 979. The van der Waals surface area contributed by atoms with Crippen LogP contribution >= 0.6 is 0 Å². The predicted octanol–water partition coefficient (Wildman–Crippen LogP) is 17.0. The summed E-state index contributed by atoms with van der Waals surface area (Å²) in [5.41, 5.74) is 0. The number of carbonyl (C=O) groups is 1. The second kappa shape index (κ2) is 47.7. The normalized spacial score (nSPS) is 12.6. The summed E-state index contributed by atoms with van der Waals surface area (Å²) in [6.07, 6.45) is 49.4. The molecule has 6 heteroatoms. The van der Waals surface area contributed by atoms with Crippen molar-refractivity contribution in [3.05, 3.63) is 36.8 Å². The molecule has 6 nitrogen and oxygen atoms in total. The second-order valence-electron chi connectivity index (χ2n) is 18.5. The average Bonchev–Trinajstić information content (AvgIpc) is 3.23. The lowest BCUT2D eigenvalue weighted by atomic mass is 10.0. The van der Waals surface area contributed by atoms with Crippen LogP contribution in [-0.2, 0) is 23.7 Å². The van der Waals surface area contributed by atoms with Gasteiger partial charge in [0.1, 0.15) is 6.61 Å². The van der Waals surface area contributed by atoms with Gasteiger partial charge in [0, 0.05) is 25.9 Å². The van der Waals surface area contributed by atoms with Crippen molar-refractivity contribution < 1.29 is 23.7 Å². The number of rotatable bonds is 50. The van der Waals surface area contributed by atoms with Gasteiger partial charge in [0.25, 0.3) is 0 Å². The molecule has 0 N–H and O–H groups in total. The Kier molecular flexibility index (Phi) is 46.3. The van der Waals surface area contributed by atoms with Gasteiger partial charge in [-0.2, -0.15) is 0 Å². The number of esters is 1. The molecular weight excluding hydrogens is 755 g/mol.